The highest BCUT2D eigenvalue weighted by atomic mass is 16.1. The third kappa shape index (κ3) is 3.00. The minimum absolute atomic E-state index is 0.101. The number of carbonyl (C=O) groups is 1. The third-order valence-electron chi connectivity index (χ3n) is 5.39. The van der Waals surface area contributed by atoms with Gasteiger partial charge in [0.05, 0.1) is 24.6 Å². The number of benzene rings is 2. The fourth-order valence-electron chi connectivity index (χ4n) is 3.81. The molecule has 1 aliphatic rings. The van der Waals surface area contributed by atoms with Crippen molar-refractivity contribution in [3.8, 4) is 11.3 Å². The second-order valence-corrected chi connectivity index (χ2v) is 7.31. The molecular weight excluding hydrogens is 348 g/mol. The molecule has 5 heteroatoms. The minimum Gasteiger partial charge on any atom is -0.334 e. The first kappa shape index (κ1) is 16.8. The molecule has 3 heterocycles. The number of nitrogens with one attached hydrogen (secondary N) is 1. The van der Waals surface area contributed by atoms with Crippen molar-refractivity contribution in [1.29, 1.82) is 0 Å². The number of aryl methyl sites for hydroxylation is 1. The van der Waals surface area contributed by atoms with Crippen molar-refractivity contribution in [1.82, 2.24) is 19.9 Å². The monoisotopic (exact) mass is 368 g/mol. The molecule has 0 saturated heterocycles. The highest BCUT2D eigenvalue weighted by molar-refractivity contribution is 5.98. The first-order valence-electron chi connectivity index (χ1n) is 9.38. The fourth-order valence-corrected chi connectivity index (χ4v) is 3.81. The Balaban J connectivity index is 1.44. The standard InChI is InChI=1S/C23H20N4O/c1-27-14-25-13-22(27)15-2-4-18-12-26-21(8-19(18)6-15)9-23(28)16-3-5-17-10-24-11-20(17)7-16/h2-8,12-14,24H,9-11H2,1H3. The Kier molecular flexibility index (Phi) is 4.02. The SMILES string of the molecule is Cn1cncc1-c1ccc2cnc(CC(=O)c3ccc4c(c3)CNC4)cc2c1. The van der Waals surface area contributed by atoms with Crippen LogP contribution in [0.1, 0.15) is 27.2 Å². The van der Waals surface area contributed by atoms with Gasteiger partial charge in [0, 0.05) is 48.5 Å². The normalized spacial score (nSPS) is 13.0. The molecule has 1 aliphatic heterocycles. The molecule has 0 atom stereocenters. The molecule has 0 spiro atoms. The Morgan fingerprint density at radius 3 is 2.79 bits per heavy atom. The summed E-state index contributed by atoms with van der Waals surface area (Å²) in [5.74, 6) is 0.101. The first-order valence-corrected chi connectivity index (χ1v) is 9.38. The van der Waals surface area contributed by atoms with E-state index in [4.69, 9.17) is 0 Å². The van der Waals surface area contributed by atoms with Gasteiger partial charge in [-0.2, -0.15) is 0 Å². The van der Waals surface area contributed by atoms with E-state index in [0.717, 1.165) is 46.4 Å². The summed E-state index contributed by atoms with van der Waals surface area (Å²) in [6, 6.07) is 14.3. The number of pyridine rings is 1. The number of rotatable bonds is 4. The number of Topliss-reactive ketones (excluding diaryl/α,β-unsaturated/α-hetero) is 1. The number of nitrogens with zero attached hydrogens (tertiary/aromatic N) is 3. The van der Waals surface area contributed by atoms with Gasteiger partial charge in [0.15, 0.2) is 5.78 Å². The van der Waals surface area contributed by atoms with Crippen LogP contribution in [-0.4, -0.2) is 20.3 Å². The maximum absolute atomic E-state index is 12.8. The van der Waals surface area contributed by atoms with Crippen LogP contribution < -0.4 is 5.32 Å². The maximum atomic E-state index is 12.8. The summed E-state index contributed by atoms with van der Waals surface area (Å²) in [4.78, 5) is 21.5. The van der Waals surface area contributed by atoms with E-state index in [1.807, 2.05) is 42.2 Å². The summed E-state index contributed by atoms with van der Waals surface area (Å²) in [7, 11) is 1.98. The second kappa shape index (κ2) is 6.69. The minimum atomic E-state index is 0.101. The highest BCUT2D eigenvalue weighted by Crippen LogP contribution is 2.24. The molecule has 0 bridgehead atoms. The summed E-state index contributed by atoms with van der Waals surface area (Å²) in [6.45, 7) is 1.72. The van der Waals surface area contributed by atoms with Crippen molar-refractivity contribution in [2.75, 3.05) is 0 Å². The van der Waals surface area contributed by atoms with Crippen molar-refractivity contribution in [3.05, 3.63) is 83.6 Å². The van der Waals surface area contributed by atoms with Gasteiger partial charge in [-0.1, -0.05) is 24.3 Å². The van der Waals surface area contributed by atoms with Gasteiger partial charge in [0.1, 0.15) is 0 Å². The number of hydrogen-bond acceptors (Lipinski definition) is 4. The molecule has 1 N–H and O–H groups in total. The number of fused-ring (bicyclic) bond motifs is 2. The molecule has 0 fully saturated rings. The average Bonchev–Trinajstić information content (AvgIpc) is 3.35. The lowest BCUT2D eigenvalue weighted by atomic mass is 10.00. The molecule has 5 nitrogen and oxygen atoms in total. The Morgan fingerprint density at radius 2 is 1.93 bits per heavy atom. The zero-order valence-corrected chi connectivity index (χ0v) is 15.6. The second-order valence-electron chi connectivity index (χ2n) is 7.31. The molecule has 138 valence electrons. The topological polar surface area (TPSA) is 59.8 Å². The summed E-state index contributed by atoms with van der Waals surface area (Å²) >= 11 is 0. The van der Waals surface area contributed by atoms with E-state index in [-0.39, 0.29) is 5.78 Å². The predicted octanol–water partition coefficient (Wildman–Crippen LogP) is 3.66. The van der Waals surface area contributed by atoms with Crippen LogP contribution in [0.2, 0.25) is 0 Å². The number of ketones is 1. The number of imidazole rings is 1. The predicted molar refractivity (Wildman–Crippen MR) is 109 cm³/mol. The van der Waals surface area contributed by atoms with E-state index in [1.165, 1.54) is 11.1 Å². The summed E-state index contributed by atoms with van der Waals surface area (Å²) in [5.41, 5.74) is 6.21. The van der Waals surface area contributed by atoms with E-state index in [9.17, 15) is 4.79 Å². The van der Waals surface area contributed by atoms with Gasteiger partial charge in [-0.25, -0.2) is 4.98 Å². The molecule has 28 heavy (non-hydrogen) atoms. The van der Waals surface area contributed by atoms with Gasteiger partial charge in [0.2, 0.25) is 0 Å². The number of aromatic nitrogens is 3. The molecule has 0 aliphatic carbocycles. The van der Waals surface area contributed by atoms with Crippen molar-refractivity contribution in [2.45, 2.75) is 19.5 Å². The van der Waals surface area contributed by atoms with E-state index >= 15 is 0 Å². The van der Waals surface area contributed by atoms with Gasteiger partial charge in [-0.15, -0.1) is 0 Å². The Morgan fingerprint density at radius 1 is 1.04 bits per heavy atom. The lowest BCUT2D eigenvalue weighted by Gasteiger charge is -2.07. The summed E-state index contributed by atoms with van der Waals surface area (Å²) in [5, 5.41) is 5.45. The first-order chi connectivity index (χ1) is 13.7. The van der Waals surface area contributed by atoms with Crippen molar-refractivity contribution in [3.63, 3.8) is 0 Å². The van der Waals surface area contributed by atoms with Gasteiger partial charge in [0.25, 0.3) is 0 Å². The molecular formula is C23H20N4O. The smallest absolute Gasteiger partial charge is 0.168 e. The molecule has 0 radical (unpaired) electrons. The molecule has 0 amide bonds. The lowest BCUT2D eigenvalue weighted by Crippen LogP contribution is -2.06. The van der Waals surface area contributed by atoms with Crippen LogP contribution >= 0.6 is 0 Å². The lowest BCUT2D eigenvalue weighted by molar-refractivity contribution is 0.0992. The van der Waals surface area contributed by atoms with Gasteiger partial charge in [-0.05, 0) is 34.7 Å². The Labute approximate surface area is 163 Å². The van der Waals surface area contributed by atoms with Crippen LogP contribution in [0, 0.1) is 0 Å². The molecule has 0 saturated carbocycles. The third-order valence-corrected chi connectivity index (χ3v) is 5.39. The Hall–Kier alpha value is -3.31. The molecule has 2 aromatic carbocycles. The van der Waals surface area contributed by atoms with Gasteiger partial charge < -0.3 is 9.88 Å². The maximum Gasteiger partial charge on any atom is 0.168 e. The summed E-state index contributed by atoms with van der Waals surface area (Å²) < 4.78 is 2.00. The average molecular weight is 368 g/mol. The largest absolute Gasteiger partial charge is 0.334 e. The summed E-state index contributed by atoms with van der Waals surface area (Å²) in [6.07, 6.45) is 5.80. The van der Waals surface area contributed by atoms with Gasteiger partial charge in [-0.3, -0.25) is 9.78 Å². The van der Waals surface area contributed by atoms with Crippen LogP contribution in [0.4, 0.5) is 0 Å². The van der Waals surface area contributed by atoms with E-state index in [1.54, 1.807) is 6.33 Å². The Bertz CT molecular complexity index is 1210. The van der Waals surface area contributed by atoms with E-state index < -0.39 is 0 Å². The highest BCUT2D eigenvalue weighted by Gasteiger charge is 2.14. The number of carbonyl (C=O) groups excluding carboxylic acids is 1. The van der Waals surface area contributed by atoms with Crippen molar-refractivity contribution >= 4 is 16.6 Å². The van der Waals surface area contributed by atoms with E-state index in [0.29, 0.717) is 6.42 Å². The van der Waals surface area contributed by atoms with Crippen LogP contribution in [0.15, 0.2) is 61.2 Å². The van der Waals surface area contributed by atoms with Crippen molar-refractivity contribution < 1.29 is 4.79 Å². The molecule has 2 aromatic heterocycles. The van der Waals surface area contributed by atoms with Crippen LogP contribution in [0.25, 0.3) is 22.0 Å². The molecule has 0 unspecified atom stereocenters. The zero-order chi connectivity index (χ0) is 19.1. The van der Waals surface area contributed by atoms with Crippen molar-refractivity contribution in [2.24, 2.45) is 7.05 Å². The van der Waals surface area contributed by atoms with Crippen LogP contribution in [0.5, 0.6) is 0 Å². The number of hydrogen-bond donors (Lipinski definition) is 1. The van der Waals surface area contributed by atoms with Gasteiger partial charge >= 0.3 is 0 Å². The zero-order valence-electron chi connectivity index (χ0n) is 15.6. The van der Waals surface area contributed by atoms with Crippen LogP contribution in [0.3, 0.4) is 0 Å². The molecule has 4 aromatic rings. The van der Waals surface area contributed by atoms with E-state index in [2.05, 4.69) is 39.6 Å². The fraction of sp³-hybridized carbons (Fsp3) is 0.174. The quantitative estimate of drug-likeness (QED) is 0.559. The van der Waals surface area contributed by atoms with Crippen LogP contribution in [-0.2, 0) is 26.6 Å². The molecule has 5 rings (SSSR count).